The first-order valence-corrected chi connectivity index (χ1v) is 10.1. The maximum absolute atomic E-state index is 13.6. The summed E-state index contributed by atoms with van der Waals surface area (Å²) in [5.41, 5.74) is 1.85. The van der Waals surface area contributed by atoms with Crippen LogP contribution in [0.25, 0.3) is 11.0 Å². The van der Waals surface area contributed by atoms with E-state index < -0.39 is 5.82 Å². The lowest BCUT2D eigenvalue weighted by Gasteiger charge is -2.03. The highest BCUT2D eigenvalue weighted by molar-refractivity contribution is 7.09. The highest BCUT2D eigenvalue weighted by Crippen LogP contribution is 2.13. The first kappa shape index (κ1) is 28.7. The van der Waals surface area contributed by atoms with Gasteiger partial charge in [-0.2, -0.15) is 0 Å². The number of carbonyl (C=O) groups excluding carboxylic acids is 1. The lowest BCUT2D eigenvalue weighted by atomic mass is 10.3. The number of imidazole rings is 1. The Balaban J connectivity index is 0.00000181. The van der Waals surface area contributed by atoms with Crippen LogP contribution in [0.4, 0.5) is 8.78 Å². The van der Waals surface area contributed by atoms with Crippen molar-refractivity contribution in [2.45, 2.75) is 19.5 Å². The SMILES string of the molecule is Cl.Cl.Cl.O=C(NCc1ncccc1F)c1csc(CCNCc2nc3ccc(F)cc3[nH]2)n1. The fourth-order valence-electron chi connectivity index (χ4n) is 2.85. The maximum Gasteiger partial charge on any atom is 0.271 e. The highest BCUT2D eigenvalue weighted by Gasteiger charge is 2.12. The number of H-pyrrole nitrogens is 1. The Labute approximate surface area is 211 Å². The van der Waals surface area contributed by atoms with Crippen molar-refractivity contribution in [3.63, 3.8) is 0 Å². The van der Waals surface area contributed by atoms with Gasteiger partial charge in [-0.15, -0.1) is 48.6 Å². The zero-order chi connectivity index (χ0) is 20.9. The number of benzene rings is 1. The van der Waals surface area contributed by atoms with Gasteiger partial charge in [0.2, 0.25) is 0 Å². The molecule has 0 saturated carbocycles. The molecule has 33 heavy (non-hydrogen) atoms. The molecule has 0 bridgehead atoms. The lowest BCUT2D eigenvalue weighted by molar-refractivity contribution is 0.0945. The van der Waals surface area contributed by atoms with Crippen molar-refractivity contribution in [2.75, 3.05) is 6.54 Å². The minimum Gasteiger partial charge on any atom is -0.345 e. The molecule has 4 rings (SSSR count). The third-order valence-electron chi connectivity index (χ3n) is 4.34. The summed E-state index contributed by atoms with van der Waals surface area (Å²) in [7, 11) is 0. The van der Waals surface area contributed by atoms with Gasteiger partial charge in [0.05, 0.1) is 34.8 Å². The van der Waals surface area contributed by atoms with E-state index in [-0.39, 0.29) is 61.2 Å². The molecule has 0 fully saturated rings. The van der Waals surface area contributed by atoms with E-state index >= 15 is 0 Å². The predicted molar refractivity (Wildman–Crippen MR) is 131 cm³/mol. The van der Waals surface area contributed by atoms with Crippen molar-refractivity contribution in [2.24, 2.45) is 0 Å². The van der Waals surface area contributed by atoms with Crippen LogP contribution in [0.3, 0.4) is 0 Å². The molecule has 0 aliphatic rings. The van der Waals surface area contributed by atoms with E-state index in [1.165, 1.54) is 41.8 Å². The molecule has 3 heterocycles. The normalized spacial score (nSPS) is 10.1. The third-order valence-corrected chi connectivity index (χ3v) is 5.25. The molecule has 1 amide bonds. The molecule has 0 spiro atoms. The van der Waals surface area contributed by atoms with Gasteiger partial charge in [0.1, 0.15) is 23.2 Å². The van der Waals surface area contributed by atoms with E-state index in [0.29, 0.717) is 30.7 Å². The molecule has 0 unspecified atom stereocenters. The first-order chi connectivity index (χ1) is 14.6. The van der Waals surface area contributed by atoms with E-state index in [0.717, 1.165) is 16.3 Å². The van der Waals surface area contributed by atoms with Gasteiger partial charge in [-0.3, -0.25) is 9.78 Å². The molecule has 0 radical (unpaired) electrons. The van der Waals surface area contributed by atoms with Crippen molar-refractivity contribution in [3.05, 3.63) is 75.8 Å². The first-order valence-electron chi connectivity index (χ1n) is 9.25. The number of hydrogen-bond acceptors (Lipinski definition) is 6. The maximum atomic E-state index is 13.6. The van der Waals surface area contributed by atoms with Crippen LogP contribution in [0.5, 0.6) is 0 Å². The number of hydrogen-bond donors (Lipinski definition) is 3. The molecule has 3 aromatic heterocycles. The smallest absolute Gasteiger partial charge is 0.271 e. The Morgan fingerprint density at radius 1 is 1.09 bits per heavy atom. The van der Waals surface area contributed by atoms with Gasteiger partial charge >= 0.3 is 0 Å². The summed E-state index contributed by atoms with van der Waals surface area (Å²) in [5.74, 6) is -0.418. The van der Waals surface area contributed by atoms with Crippen LogP contribution >= 0.6 is 48.6 Å². The number of fused-ring (bicyclic) bond motifs is 1. The fraction of sp³-hybridized carbons (Fsp3) is 0.200. The molecule has 4 aromatic rings. The summed E-state index contributed by atoms with van der Waals surface area (Å²) < 4.78 is 26.8. The average Bonchev–Trinajstić information content (AvgIpc) is 3.37. The van der Waals surface area contributed by atoms with Crippen molar-refractivity contribution in [1.82, 2.24) is 30.6 Å². The molecule has 1 aromatic carbocycles. The van der Waals surface area contributed by atoms with E-state index in [1.807, 2.05) is 0 Å². The molecule has 0 atom stereocenters. The standard InChI is InChI=1S/C20H18F2N6OS.3ClH/c21-12-3-4-14-15(8-12)27-18(26-14)10-23-7-5-19-28-17(11-30-19)20(29)25-9-16-13(22)2-1-6-24-16;;;/h1-4,6,8,11,23H,5,7,9-10H2,(H,25,29)(H,26,27);3*1H. The molecule has 7 nitrogen and oxygen atoms in total. The zero-order valence-electron chi connectivity index (χ0n) is 17.0. The summed E-state index contributed by atoms with van der Waals surface area (Å²) in [6.45, 7) is 1.14. The number of amides is 1. The van der Waals surface area contributed by atoms with Gasteiger partial charge in [0, 0.05) is 24.5 Å². The van der Waals surface area contributed by atoms with Crippen molar-refractivity contribution in [1.29, 1.82) is 0 Å². The fourth-order valence-corrected chi connectivity index (χ4v) is 3.63. The van der Waals surface area contributed by atoms with Crippen LogP contribution in [0, 0.1) is 11.6 Å². The van der Waals surface area contributed by atoms with E-state index in [1.54, 1.807) is 11.4 Å². The van der Waals surface area contributed by atoms with Crippen molar-refractivity contribution in [3.8, 4) is 0 Å². The van der Waals surface area contributed by atoms with Gasteiger partial charge in [-0.1, -0.05) is 0 Å². The molecule has 178 valence electrons. The molecular weight excluding hydrogens is 517 g/mol. The summed E-state index contributed by atoms with van der Waals surface area (Å²) in [5, 5.41) is 8.35. The number of rotatable bonds is 8. The van der Waals surface area contributed by atoms with E-state index in [9.17, 15) is 13.6 Å². The topological polar surface area (TPSA) is 95.6 Å². The summed E-state index contributed by atoms with van der Waals surface area (Å²) in [6, 6.07) is 7.22. The Morgan fingerprint density at radius 3 is 2.70 bits per heavy atom. The Kier molecular flexibility index (Phi) is 11.6. The number of aromatic amines is 1. The third kappa shape index (κ3) is 7.58. The van der Waals surface area contributed by atoms with Crippen LogP contribution in [-0.4, -0.2) is 32.4 Å². The van der Waals surface area contributed by atoms with Gasteiger partial charge in [-0.25, -0.2) is 18.7 Å². The van der Waals surface area contributed by atoms with Crippen molar-refractivity contribution < 1.29 is 13.6 Å². The molecule has 0 saturated heterocycles. The highest BCUT2D eigenvalue weighted by atomic mass is 35.5. The Hall–Kier alpha value is -2.37. The largest absolute Gasteiger partial charge is 0.345 e. The molecule has 13 heteroatoms. The van der Waals surface area contributed by atoms with Crippen molar-refractivity contribution >= 4 is 65.5 Å². The molecular formula is C20H21Cl3F2N6OS. The molecule has 0 aliphatic carbocycles. The second kappa shape index (κ2) is 13.4. The Morgan fingerprint density at radius 2 is 1.91 bits per heavy atom. The monoisotopic (exact) mass is 536 g/mol. The number of nitrogens with one attached hydrogen (secondary N) is 3. The molecule has 0 aliphatic heterocycles. The number of thiazole rings is 1. The summed E-state index contributed by atoms with van der Waals surface area (Å²) >= 11 is 1.39. The van der Waals surface area contributed by atoms with Gasteiger partial charge in [0.15, 0.2) is 0 Å². The number of halogens is 5. The predicted octanol–water partition coefficient (Wildman–Crippen LogP) is 4.22. The zero-order valence-corrected chi connectivity index (χ0v) is 20.3. The average molecular weight is 538 g/mol. The number of nitrogens with zero attached hydrogens (tertiary/aromatic N) is 3. The van der Waals surface area contributed by atoms with E-state index in [4.69, 9.17) is 0 Å². The van der Waals surface area contributed by atoms with Crippen LogP contribution in [0.15, 0.2) is 41.9 Å². The van der Waals surface area contributed by atoms with Gasteiger partial charge in [0.25, 0.3) is 5.91 Å². The van der Waals surface area contributed by atoms with Crippen LogP contribution < -0.4 is 10.6 Å². The second-order valence-electron chi connectivity index (χ2n) is 6.51. The summed E-state index contributed by atoms with van der Waals surface area (Å²) in [4.78, 5) is 27.9. The van der Waals surface area contributed by atoms with Gasteiger partial charge < -0.3 is 15.6 Å². The lowest BCUT2D eigenvalue weighted by Crippen LogP contribution is -2.24. The van der Waals surface area contributed by atoms with E-state index in [2.05, 4.69) is 30.6 Å². The van der Waals surface area contributed by atoms with Crippen LogP contribution in [0.1, 0.15) is 27.0 Å². The minimum absolute atomic E-state index is 0. The Bertz CT molecular complexity index is 1190. The quantitative estimate of drug-likeness (QED) is 0.293. The number of pyridine rings is 1. The van der Waals surface area contributed by atoms with Crippen LogP contribution in [-0.2, 0) is 19.5 Å². The number of carbonyl (C=O) groups is 1. The molecule has 3 N–H and O–H groups in total. The van der Waals surface area contributed by atoms with Gasteiger partial charge in [-0.05, 0) is 30.3 Å². The second-order valence-corrected chi connectivity index (χ2v) is 7.46. The minimum atomic E-state index is -0.461. The van der Waals surface area contributed by atoms with Crippen LogP contribution in [0.2, 0.25) is 0 Å². The number of aromatic nitrogens is 4. The summed E-state index contributed by atoms with van der Waals surface area (Å²) in [6.07, 6.45) is 2.11.